The fourth-order valence-corrected chi connectivity index (χ4v) is 0. The molecule has 0 aliphatic rings. The second kappa shape index (κ2) is 85.8. The SMILES string of the molecule is C.C.Cl.[SiH4]. The van der Waals surface area contributed by atoms with E-state index in [1.807, 2.05) is 0 Å². The third-order valence-electron chi connectivity index (χ3n) is 0. The number of halogens is 1. The molecule has 2 heteroatoms. The van der Waals surface area contributed by atoms with Gasteiger partial charge in [0.15, 0.2) is 0 Å². The third kappa shape index (κ3) is 22.2. The summed E-state index contributed by atoms with van der Waals surface area (Å²) in [6.45, 7) is 0. The minimum absolute atomic E-state index is 0. The molecule has 32 valence electrons. The van der Waals surface area contributed by atoms with E-state index in [2.05, 4.69) is 0 Å². The van der Waals surface area contributed by atoms with E-state index in [1.165, 1.54) is 0 Å². The molecule has 0 radical (unpaired) electrons. The zero-order valence-corrected chi connectivity index (χ0v) is 1.22. The molecule has 0 amide bonds. The Balaban J connectivity index is 0. The number of rotatable bonds is 0. The summed E-state index contributed by atoms with van der Waals surface area (Å²) in [4.78, 5) is 0. The highest BCUT2D eigenvalue weighted by Gasteiger charge is -0.0148. The highest BCUT2D eigenvalue weighted by atomic mass is 35.5. The quantitative estimate of drug-likeness (QED) is 0.383. The average Bonchev–Trinajstić information content (AvgIpc) is 0. The summed E-state index contributed by atoms with van der Waals surface area (Å²) in [5, 5.41) is 0. The molecule has 0 aliphatic heterocycles. The molecule has 0 rings (SSSR count). The van der Waals surface area contributed by atoms with E-state index in [1.54, 1.807) is 0 Å². The third-order valence-corrected chi connectivity index (χ3v) is 0. The molecule has 0 unspecified atom stereocenters. The Morgan fingerprint density at radius 3 is 0.750 bits per heavy atom. The van der Waals surface area contributed by atoms with Crippen molar-refractivity contribution in [2.75, 3.05) is 0 Å². The second-order valence-corrected chi connectivity index (χ2v) is 0. The normalized spacial score (nSPS) is 0. The Bertz CT molecular complexity index is 6.00. The summed E-state index contributed by atoms with van der Waals surface area (Å²) in [6, 6.07) is 0. The van der Waals surface area contributed by atoms with E-state index in [4.69, 9.17) is 0 Å². The van der Waals surface area contributed by atoms with Gasteiger partial charge in [-0.05, 0) is 11.0 Å². The summed E-state index contributed by atoms with van der Waals surface area (Å²) in [5.74, 6) is 0. The minimum atomic E-state index is 0. The molecular weight excluding hydrogens is 87.6 g/mol. The van der Waals surface area contributed by atoms with Crippen LogP contribution < -0.4 is 0 Å². The Hall–Kier alpha value is 0.507. The molecule has 0 aromatic heterocycles. The van der Waals surface area contributed by atoms with E-state index in [-0.39, 0.29) is 38.2 Å². The van der Waals surface area contributed by atoms with Gasteiger partial charge < -0.3 is 0 Å². The van der Waals surface area contributed by atoms with Crippen LogP contribution >= 0.6 is 12.4 Å². The van der Waals surface area contributed by atoms with Gasteiger partial charge >= 0.3 is 0 Å². The van der Waals surface area contributed by atoms with Crippen molar-refractivity contribution in [2.45, 2.75) is 14.9 Å². The summed E-state index contributed by atoms with van der Waals surface area (Å²) in [7, 11) is 0. The number of hydrogen-bond donors (Lipinski definition) is 0. The van der Waals surface area contributed by atoms with Gasteiger partial charge in [-0.15, -0.1) is 12.4 Å². The van der Waals surface area contributed by atoms with Gasteiger partial charge in [-0.2, -0.15) is 0 Å². The van der Waals surface area contributed by atoms with Crippen LogP contribution in [0.15, 0.2) is 0 Å². The van der Waals surface area contributed by atoms with Crippen molar-refractivity contribution in [3.8, 4) is 0 Å². The van der Waals surface area contributed by atoms with Gasteiger partial charge in [0.1, 0.15) is 0 Å². The van der Waals surface area contributed by atoms with Crippen LogP contribution in [-0.4, -0.2) is 11.0 Å². The van der Waals surface area contributed by atoms with Crippen LogP contribution in [0.2, 0.25) is 0 Å². The van der Waals surface area contributed by atoms with Crippen LogP contribution in [-0.2, 0) is 0 Å². The minimum Gasteiger partial charge on any atom is -0.147 e. The molecule has 0 aliphatic carbocycles. The Kier molecular flexibility index (Phi) is 4630. The molecule has 0 nitrogen and oxygen atoms in total. The molecular formula is C2H13ClSi. The first-order chi connectivity index (χ1) is 0. The molecule has 0 aromatic rings. The molecule has 0 N–H and O–H groups in total. The molecule has 0 atom stereocenters. The molecule has 0 saturated carbocycles. The van der Waals surface area contributed by atoms with E-state index in [0.717, 1.165) is 0 Å². The van der Waals surface area contributed by atoms with E-state index in [9.17, 15) is 0 Å². The van der Waals surface area contributed by atoms with Gasteiger partial charge in [0.05, 0.1) is 0 Å². The van der Waals surface area contributed by atoms with Crippen LogP contribution in [0.25, 0.3) is 0 Å². The predicted octanol–water partition coefficient (Wildman–Crippen LogP) is 0.242. The second-order valence-electron chi connectivity index (χ2n) is 0. The molecule has 0 saturated heterocycles. The Morgan fingerprint density at radius 2 is 0.750 bits per heavy atom. The van der Waals surface area contributed by atoms with Crippen LogP contribution in [0, 0.1) is 0 Å². The standard InChI is InChI=1S/2CH4.ClH.H4Si/h2*1H4;1H;1H4. The van der Waals surface area contributed by atoms with Crippen molar-refractivity contribution in [1.82, 2.24) is 0 Å². The van der Waals surface area contributed by atoms with E-state index >= 15 is 0 Å². The lowest BCUT2D eigenvalue weighted by atomic mass is 12.0. The summed E-state index contributed by atoms with van der Waals surface area (Å²) >= 11 is 0. The topological polar surface area (TPSA) is 0 Å². The highest BCUT2D eigenvalue weighted by Crippen LogP contribution is 0.690. The average molecular weight is 101 g/mol. The van der Waals surface area contributed by atoms with Crippen LogP contribution in [0.4, 0.5) is 0 Å². The molecule has 4 heavy (non-hydrogen) atoms. The van der Waals surface area contributed by atoms with E-state index in [0.29, 0.717) is 0 Å². The maximum Gasteiger partial charge on any atom is -0.0149 e. The Labute approximate surface area is 39.0 Å². The molecule has 0 spiro atoms. The van der Waals surface area contributed by atoms with Crippen molar-refractivity contribution in [2.24, 2.45) is 0 Å². The van der Waals surface area contributed by atoms with Gasteiger partial charge in [-0.3, -0.25) is 0 Å². The van der Waals surface area contributed by atoms with Gasteiger partial charge in [-0.25, -0.2) is 0 Å². The van der Waals surface area contributed by atoms with Gasteiger partial charge in [0.25, 0.3) is 0 Å². The van der Waals surface area contributed by atoms with Crippen molar-refractivity contribution < 1.29 is 0 Å². The van der Waals surface area contributed by atoms with Crippen molar-refractivity contribution >= 4 is 23.4 Å². The predicted molar refractivity (Wildman–Crippen MR) is 32.0 cm³/mol. The van der Waals surface area contributed by atoms with Gasteiger partial charge in [0, 0.05) is 0 Å². The van der Waals surface area contributed by atoms with Crippen LogP contribution in [0.5, 0.6) is 0 Å². The zero-order chi connectivity index (χ0) is 0. The van der Waals surface area contributed by atoms with Gasteiger partial charge in [0.2, 0.25) is 0 Å². The zero-order valence-electron chi connectivity index (χ0n) is 0.408. The van der Waals surface area contributed by atoms with Crippen LogP contribution in [0.3, 0.4) is 0 Å². The largest absolute Gasteiger partial charge is 0.147 e. The van der Waals surface area contributed by atoms with Crippen molar-refractivity contribution in [3.63, 3.8) is 0 Å². The number of hydrogen-bond acceptors (Lipinski definition) is 0. The molecule has 0 aromatic carbocycles. The first kappa shape index (κ1) is 216. The molecule has 0 heterocycles. The van der Waals surface area contributed by atoms with Crippen LogP contribution in [0.1, 0.15) is 14.9 Å². The fourth-order valence-electron chi connectivity index (χ4n) is 0. The monoisotopic (exact) mass is 100 g/mol. The summed E-state index contributed by atoms with van der Waals surface area (Å²) < 4.78 is 0. The lowest BCUT2D eigenvalue weighted by molar-refractivity contribution is 2.50. The lowest BCUT2D eigenvalue weighted by Gasteiger charge is -0.147. The van der Waals surface area contributed by atoms with E-state index < -0.39 is 0 Å². The molecule has 0 fully saturated rings. The summed E-state index contributed by atoms with van der Waals surface area (Å²) in [6.07, 6.45) is 0. The van der Waals surface area contributed by atoms with Crippen molar-refractivity contribution in [1.29, 1.82) is 0 Å². The molecule has 0 bridgehead atoms. The lowest BCUT2D eigenvalue weighted by Crippen LogP contribution is -0.381. The Morgan fingerprint density at radius 1 is 0.750 bits per heavy atom. The first-order valence-corrected chi connectivity index (χ1v) is 0. The summed E-state index contributed by atoms with van der Waals surface area (Å²) in [5.41, 5.74) is 0. The van der Waals surface area contributed by atoms with Gasteiger partial charge in [-0.1, -0.05) is 14.9 Å². The first-order valence-electron chi connectivity index (χ1n) is 0. The smallest absolute Gasteiger partial charge is 0.0149 e. The fraction of sp³-hybridized carbons (Fsp3) is 1.00. The maximum atomic E-state index is 0. The maximum absolute atomic E-state index is 0. The van der Waals surface area contributed by atoms with Crippen molar-refractivity contribution in [3.05, 3.63) is 0 Å². The highest BCUT2D eigenvalue weighted by molar-refractivity contribution is 5.85.